The SMILES string of the molecule is CCCCCNC(=O)C1N([C@@H](CC)CO)C(=O)[C@@H]2[C@@H](C(=O)Nc3ccccc3)[C@@]3(C)CCC12O3. The molecule has 2 unspecified atom stereocenters. The zero-order valence-electron chi connectivity index (χ0n) is 20.4. The summed E-state index contributed by atoms with van der Waals surface area (Å²) < 4.78 is 6.58. The molecule has 186 valence electrons. The maximum atomic E-state index is 13.9. The van der Waals surface area contributed by atoms with E-state index in [2.05, 4.69) is 17.6 Å². The summed E-state index contributed by atoms with van der Waals surface area (Å²) in [6, 6.07) is 7.78. The van der Waals surface area contributed by atoms with Crippen molar-refractivity contribution in [2.45, 2.75) is 82.6 Å². The highest BCUT2D eigenvalue weighted by molar-refractivity contribution is 6.02. The Labute approximate surface area is 201 Å². The van der Waals surface area contributed by atoms with Crippen LogP contribution in [0.25, 0.3) is 0 Å². The first kappa shape index (κ1) is 24.7. The van der Waals surface area contributed by atoms with Gasteiger partial charge in [0, 0.05) is 12.2 Å². The van der Waals surface area contributed by atoms with Gasteiger partial charge < -0.3 is 25.4 Å². The summed E-state index contributed by atoms with van der Waals surface area (Å²) >= 11 is 0. The molecule has 1 aromatic carbocycles. The van der Waals surface area contributed by atoms with Crippen LogP contribution >= 0.6 is 0 Å². The van der Waals surface area contributed by atoms with Crippen molar-refractivity contribution in [3.63, 3.8) is 0 Å². The first-order chi connectivity index (χ1) is 16.3. The summed E-state index contributed by atoms with van der Waals surface area (Å²) in [4.78, 5) is 42.5. The van der Waals surface area contributed by atoms with Crippen LogP contribution in [-0.4, -0.2) is 64.2 Å². The molecule has 34 heavy (non-hydrogen) atoms. The average molecular weight is 472 g/mol. The molecule has 4 rings (SSSR count). The second kappa shape index (κ2) is 9.66. The van der Waals surface area contributed by atoms with Crippen LogP contribution < -0.4 is 10.6 Å². The van der Waals surface area contributed by atoms with E-state index in [4.69, 9.17) is 4.74 Å². The molecule has 0 aliphatic carbocycles. The fraction of sp³-hybridized carbons (Fsp3) is 0.654. The van der Waals surface area contributed by atoms with Crippen LogP contribution in [0, 0.1) is 11.8 Å². The number of ether oxygens (including phenoxy) is 1. The second-order valence-corrected chi connectivity index (χ2v) is 10.1. The van der Waals surface area contributed by atoms with E-state index >= 15 is 0 Å². The van der Waals surface area contributed by atoms with Crippen molar-refractivity contribution in [1.82, 2.24) is 10.2 Å². The van der Waals surface area contributed by atoms with Crippen LogP contribution in [0.3, 0.4) is 0 Å². The summed E-state index contributed by atoms with van der Waals surface area (Å²) in [5.41, 5.74) is -1.24. The van der Waals surface area contributed by atoms with E-state index in [1.807, 2.05) is 32.0 Å². The average Bonchev–Trinajstić information content (AvgIpc) is 3.39. The van der Waals surface area contributed by atoms with Gasteiger partial charge in [-0.1, -0.05) is 44.9 Å². The van der Waals surface area contributed by atoms with Gasteiger partial charge in [0.1, 0.15) is 11.6 Å². The van der Waals surface area contributed by atoms with Crippen molar-refractivity contribution in [1.29, 1.82) is 0 Å². The zero-order chi connectivity index (χ0) is 24.5. The predicted octanol–water partition coefficient (Wildman–Crippen LogP) is 2.47. The van der Waals surface area contributed by atoms with Crippen molar-refractivity contribution in [3.05, 3.63) is 30.3 Å². The van der Waals surface area contributed by atoms with Gasteiger partial charge in [0.15, 0.2) is 0 Å². The van der Waals surface area contributed by atoms with E-state index in [1.165, 1.54) is 4.90 Å². The van der Waals surface area contributed by atoms with Gasteiger partial charge in [-0.15, -0.1) is 0 Å². The number of para-hydroxylation sites is 1. The molecule has 3 N–H and O–H groups in total. The van der Waals surface area contributed by atoms with E-state index in [-0.39, 0.29) is 24.3 Å². The minimum atomic E-state index is -1.07. The van der Waals surface area contributed by atoms with Crippen LogP contribution in [0.1, 0.15) is 59.3 Å². The van der Waals surface area contributed by atoms with Gasteiger partial charge in [-0.3, -0.25) is 14.4 Å². The molecule has 3 amide bonds. The standard InChI is InChI=1S/C26H37N3O5/c1-4-6-10-15-27-23(32)21-26-14-13-25(3,34-26)19(22(31)28-17-11-8-7-9-12-17)20(26)24(33)29(21)18(5-2)16-30/h7-9,11-12,18-21,30H,4-6,10,13-16H2,1-3H3,(H,27,32)(H,28,31)/t18-,19-,20-,21?,25+,26?/m0/s1. The van der Waals surface area contributed by atoms with Gasteiger partial charge in [-0.25, -0.2) is 0 Å². The fourth-order valence-electron chi connectivity index (χ4n) is 6.30. The van der Waals surface area contributed by atoms with Crippen molar-refractivity contribution in [3.8, 4) is 0 Å². The lowest BCUT2D eigenvalue weighted by molar-refractivity contribution is -0.148. The van der Waals surface area contributed by atoms with Crippen LogP contribution in [0.2, 0.25) is 0 Å². The number of hydrogen-bond acceptors (Lipinski definition) is 5. The third-order valence-electron chi connectivity index (χ3n) is 7.94. The summed E-state index contributed by atoms with van der Waals surface area (Å²) in [6.07, 6.45) is 4.53. The number of aliphatic hydroxyl groups excluding tert-OH is 1. The summed E-state index contributed by atoms with van der Waals surface area (Å²) in [5.74, 6) is -2.28. The minimum absolute atomic E-state index is 0.247. The molecule has 1 spiro atoms. The molecule has 6 atom stereocenters. The molecule has 3 fully saturated rings. The number of benzene rings is 1. The Morgan fingerprint density at radius 3 is 2.56 bits per heavy atom. The monoisotopic (exact) mass is 471 g/mol. The lowest BCUT2D eigenvalue weighted by Crippen LogP contribution is -2.58. The van der Waals surface area contributed by atoms with Crippen LogP contribution in [0.4, 0.5) is 5.69 Å². The summed E-state index contributed by atoms with van der Waals surface area (Å²) in [6.45, 7) is 6.14. The lowest BCUT2D eigenvalue weighted by Gasteiger charge is -2.36. The number of nitrogens with zero attached hydrogens (tertiary/aromatic N) is 1. The number of amides is 3. The predicted molar refractivity (Wildman–Crippen MR) is 128 cm³/mol. The van der Waals surface area contributed by atoms with E-state index in [0.29, 0.717) is 31.5 Å². The third-order valence-corrected chi connectivity index (χ3v) is 7.94. The van der Waals surface area contributed by atoms with Gasteiger partial charge in [0.05, 0.1) is 30.1 Å². The normalized spacial score (nSPS) is 32.5. The topological polar surface area (TPSA) is 108 Å². The Morgan fingerprint density at radius 2 is 1.91 bits per heavy atom. The molecule has 3 aliphatic heterocycles. The Morgan fingerprint density at radius 1 is 1.18 bits per heavy atom. The highest BCUT2D eigenvalue weighted by Gasteiger charge is 2.78. The number of aliphatic hydroxyl groups is 1. The largest absolute Gasteiger partial charge is 0.394 e. The second-order valence-electron chi connectivity index (χ2n) is 10.1. The molecule has 0 saturated carbocycles. The molecule has 8 heteroatoms. The third kappa shape index (κ3) is 3.90. The molecule has 2 bridgehead atoms. The number of carbonyl (C=O) groups is 3. The van der Waals surface area contributed by atoms with E-state index in [0.717, 1.165) is 19.3 Å². The molecule has 8 nitrogen and oxygen atoms in total. The molecule has 3 aliphatic rings. The number of nitrogens with one attached hydrogen (secondary N) is 2. The number of unbranched alkanes of at least 4 members (excludes halogenated alkanes) is 2. The number of hydrogen-bond donors (Lipinski definition) is 3. The Balaban J connectivity index is 1.68. The van der Waals surface area contributed by atoms with Crippen molar-refractivity contribution < 1.29 is 24.2 Å². The molecule has 3 heterocycles. The lowest BCUT2D eigenvalue weighted by atomic mass is 9.66. The van der Waals surface area contributed by atoms with Gasteiger partial charge in [-0.2, -0.15) is 0 Å². The van der Waals surface area contributed by atoms with Crippen LogP contribution in [0.5, 0.6) is 0 Å². The summed E-state index contributed by atoms with van der Waals surface area (Å²) in [7, 11) is 0. The maximum absolute atomic E-state index is 13.9. The van der Waals surface area contributed by atoms with E-state index in [1.54, 1.807) is 12.1 Å². The van der Waals surface area contributed by atoms with Gasteiger partial charge in [0.25, 0.3) is 0 Å². The van der Waals surface area contributed by atoms with E-state index < -0.39 is 35.1 Å². The number of carbonyl (C=O) groups excluding carboxylic acids is 3. The van der Waals surface area contributed by atoms with Crippen molar-refractivity contribution in [2.75, 3.05) is 18.5 Å². The number of fused-ring (bicyclic) bond motifs is 1. The molecular weight excluding hydrogens is 434 g/mol. The van der Waals surface area contributed by atoms with Crippen LogP contribution in [-0.2, 0) is 19.1 Å². The molecular formula is C26H37N3O5. The Hall–Kier alpha value is -2.45. The highest BCUT2D eigenvalue weighted by atomic mass is 16.5. The zero-order valence-corrected chi connectivity index (χ0v) is 20.4. The maximum Gasteiger partial charge on any atom is 0.245 e. The smallest absolute Gasteiger partial charge is 0.245 e. The first-order valence-electron chi connectivity index (χ1n) is 12.6. The van der Waals surface area contributed by atoms with Gasteiger partial charge in [0.2, 0.25) is 17.7 Å². The first-order valence-corrected chi connectivity index (χ1v) is 12.6. The Kier molecular flexibility index (Phi) is 7.01. The summed E-state index contributed by atoms with van der Waals surface area (Å²) in [5, 5.41) is 16.0. The van der Waals surface area contributed by atoms with Crippen LogP contribution in [0.15, 0.2) is 30.3 Å². The van der Waals surface area contributed by atoms with Gasteiger partial charge >= 0.3 is 0 Å². The number of rotatable bonds is 10. The highest BCUT2D eigenvalue weighted by Crippen LogP contribution is 2.63. The fourth-order valence-corrected chi connectivity index (χ4v) is 6.30. The van der Waals surface area contributed by atoms with E-state index in [9.17, 15) is 19.5 Å². The quantitative estimate of drug-likeness (QED) is 0.455. The molecule has 3 saturated heterocycles. The molecule has 1 aromatic rings. The molecule has 0 radical (unpaired) electrons. The van der Waals surface area contributed by atoms with Crippen molar-refractivity contribution in [2.24, 2.45) is 11.8 Å². The Bertz CT molecular complexity index is 920. The number of anilines is 1. The number of likely N-dealkylation sites (tertiary alicyclic amines) is 1. The van der Waals surface area contributed by atoms with Crippen molar-refractivity contribution >= 4 is 23.4 Å². The minimum Gasteiger partial charge on any atom is -0.394 e. The van der Waals surface area contributed by atoms with Gasteiger partial charge in [-0.05, 0) is 44.7 Å². The molecule has 0 aromatic heterocycles.